The van der Waals surface area contributed by atoms with E-state index >= 15 is 0 Å². The molecule has 0 aliphatic heterocycles. The molecule has 0 unspecified atom stereocenters. The molecule has 0 atom stereocenters. The standard InChI is InChI=1S/C21H25N3O2/c1-4-5-6-7-8-12-26-18-11-9-10-17(14-18)24-21(25)19-13-15(2)16(3)23-20(19)22/h9-11,13-14H,4,7-8,12H2,1-3H3,(H2,22,23)(H,24,25). The minimum Gasteiger partial charge on any atom is -0.493 e. The van der Waals surface area contributed by atoms with Crippen LogP contribution in [0.2, 0.25) is 0 Å². The number of nitrogens with two attached hydrogens (primary N) is 1. The van der Waals surface area contributed by atoms with Crippen molar-refractivity contribution in [2.75, 3.05) is 17.7 Å². The summed E-state index contributed by atoms with van der Waals surface area (Å²) in [6.07, 6.45) is 2.57. The Morgan fingerprint density at radius 3 is 2.85 bits per heavy atom. The number of aromatic nitrogens is 1. The predicted octanol–water partition coefficient (Wildman–Crippen LogP) is 4.11. The number of hydrogen-bond donors (Lipinski definition) is 2. The highest BCUT2D eigenvalue weighted by atomic mass is 16.5. The van der Waals surface area contributed by atoms with Crippen LogP contribution < -0.4 is 15.8 Å². The average Bonchev–Trinajstić information content (AvgIpc) is 2.61. The number of hydrogen-bond acceptors (Lipinski definition) is 4. The molecule has 1 amide bonds. The van der Waals surface area contributed by atoms with E-state index in [4.69, 9.17) is 10.5 Å². The van der Waals surface area contributed by atoms with Crippen LogP contribution in [0.5, 0.6) is 5.75 Å². The zero-order chi connectivity index (χ0) is 18.9. The molecule has 0 bridgehead atoms. The number of nitrogen functional groups attached to an aromatic ring is 1. The highest BCUT2D eigenvalue weighted by Gasteiger charge is 2.13. The summed E-state index contributed by atoms with van der Waals surface area (Å²) in [5, 5.41) is 2.84. The molecule has 1 aromatic carbocycles. The summed E-state index contributed by atoms with van der Waals surface area (Å²) in [7, 11) is 0. The molecular weight excluding hydrogens is 326 g/mol. The van der Waals surface area contributed by atoms with Crippen LogP contribution in [-0.2, 0) is 0 Å². The van der Waals surface area contributed by atoms with Gasteiger partial charge in [0.15, 0.2) is 0 Å². The van der Waals surface area contributed by atoms with Gasteiger partial charge in [0.2, 0.25) is 0 Å². The third kappa shape index (κ3) is 5.52. The van der Waals surface area contributed by atoms with E-state index in [1.807, 2.05) is 39.0 Å². The smallest absolute Gasteiger partial charge is 0.259 e. The number of carbonyl (C=O) groups is 1. The van der Waals surface area contributed by atoms with Crippen LogP contribution in [-0.4, -0.2) is 17.5 Å². The van der Waals surface area contributed by atoms with Crippen molar-refractivity contribution in [3.8, 4) is 17.6 Å². The van der Waals surface area contributed by atoms with Gasteiger partial charge in [-0.2, -0.15) is 0 Å². The molecule has 0 saturated carbocycles. The van der Waals surface area contributed by atoms with Crippen LogP contribution in [0, 0.1) is 25.7 Å². The van der Waals surface area contributed by atoms with Crippen LogP contribution in [0.1, 0.15) is 47.8 Å². The molecule has 0 spiro atoms. The molecule has 136 valence electrons. The second-order valence-electron chi connectivity index (χ2n) is 5.96. The number of nitrogens with zero attached hydrogens (tertiary/aromatic N) is 1. The summed E-state index contributed by atoms with van der Waals surface area (Å²) in [4.78, 5) is 16.7. The van der Waals surface area contributed by atoms with Crippen LogP contribution in [0.15, 0.2) is 30.3 Å². The molecule has 5 heteroatoms. The second kappa shape index (κ2) is 9.47. The molecule has 1 heterocycles. The van der Waals surface area contributed by atoms with Crippen molar-refractivity contribution in [3.05, 3.63) is 47.2 Å². The maximum atomic E-state index is 12.5. The Labute approximate surface area is 155 Å². The van der Waals surface area contributed by atoms with E-state index in [1.54, 1.807) is 12.1 Å². The lowest BCUT2D eigenvalue weighted by molar-refractivity contribution is 0.102. The molecule has 0 fully saturated rings. The SMILES string of the molecule is CCC#CCCCOc1cccc(NC(=O)c2cc(C)c(C)nc2N)c1. The van der Waals surface area contributed by atoms with Gasteiger partial charge in [-0.05, 0) is 44.0 Å². The van der Waals surface area contributed by atoms with Crippen molar-refractivity contribution in [1.82, 2.24) is 4.98 Å². The third-order valence-corrected chi connectivity index (χ3v) is 3.85. The van der Waals surface area contributed by atoms with Crippen molar-refractivity contribution in [3.63, 3.8) is 0 Å². The minimum absolute atomic E-state index is 0.228. The Hall–Kier alpha value is -3.00. The molecule has 26 heavy (non-hydrogen) atoms. The van der Waals surface area contributed by atoms with E-state index in [1.165, 1.54) is 0 Å². The molecule has 0 aliphatic rings. The minimum atomic E-state index is -0.287. The van der Waals surface area contributed by atoms with Crippen molar-refractivity contribution in [1.29, 1.82) is 0 Å². The first kappa shape index (κ1) is 19.3. The fourth-order valence-corrected chi connectivity index (χ4v) is 2.33. The molecule has 1 aromatic heterocycles. The fourth-order valence-electron chi connectivity index (χ4n) is 2.33. The summed E-state index contributed by atoms with van der Waals surface area (Å²) in [5.74, 6) is 6.77. The molecule has 2 aromatic rings. The zero-order valence-corrected chi connectivity index (χ0v) is 15.6. The molecular formula is C21H25N3O2. The van der Waals surface area contributed by atoms with Gasteiger partial charge < -0.3 is 15.8 Å². The van der Waals surface area contributed by atoms with Gasteiger partial charge in [0.1, 0.15) is 11.6 Å². The first-order valence-corrected chi connectivity index (χ1v) is 8.75. The number of nitrogens with one attached hydrogen (secondary N) is 1. The van der Waals surface area contributed by atoms with E-state index in [0.29, 0.717) is 23.6 Å². The molecule has 5 nitrogen and oxygen atoms in total. The maximum absolute atomic E-state index is 12.5. The summed E-state index contributed by atoms with van der Waals surface area (Å²) in [6, 6.07) is 9.05. The molecule has 0 saturated heterocycles. The monoisotopic (exact) mass is 351 g/mol. The fraction of sp³-hybridized carbons (Fsp3) is 0.333. The van der Waals surface area contributed by atoms with Gasteiger partial charge in [-0.3, -0.25) is 4.79 Å². The summed E-state index contributed by atoms with van der Waals surface area (Å²) in [5.41, 5.74) is 8.64. The van der Waals surface area contributed by atoms with Crippen LogP contribution in [0.3, 0.4) is 0 Å². The van der Waals surface area contributed by atoms with E-state index in [0.717, 1.165) is 30.5 Å². The van der Waals surface area contributed by atoms with E-state index < -0.39 is 0 Å². The molecule has 3 N–H and O–H groups in total. The van der Waals surface area contributed by atoms with Gasteiger partial charge in [0.05, 0.1) is 12.2 Å². The second-order valence-corrected chi connectivity index (χ2v) is 5.96. The number of rotatable bonds is 6. The van der Waals surface area contributed by atoms with Crippen molar-refractivity contribution in [2.45, 2.75) is 40.0 Å². The lowest BCUT2D eigenvalue weighted by atomic mass is 10.1. The van der Waals surface area contributed by atoms with Gasteiger partial charge in [-0.15, -0.1) is 11.8 Å². The predicted molar refractivity (Wildman–Crippen MR) is 105 cm³/mol. The molecule has 0 aliphatic carbocycles. The number of unbranched alkanes of at least 4 members (excludes halogenated alkanes) is 1. The number of carbonyl (C=O) groups excluding carboxylic acids is 1. The highest BCUT2D eigenvalue weighted by Crippen LogP contribution is 2.20. The van der Waals surface area contributed by atoms with Crippen molar-refractivity contribution >= 4 is 17.4 Å². The average molecular weight is 351 g/mol. The van der Waals surface area contributed by atoms with Crippen molar-refractivity contribution in [2.24, 2.45) is 0 Å². The Morgan fingerprint density at radius 2 is 2.08 bits per heavy atom. The van der Waals surface area contributed by atoms with E-state index in [-0.39, 0.29) is 11.7 Å². The maximum Gasteiger partial charge on any atom is 0.259 e. The molecule has 0 radical (unpaired) electrons. The zero-order valence-electron chi connectivity index (χ0n) is 15.6. The topological polar surface area (TPSA) is 77.2 Å². The highest BCUT2D eigenvalue weighted by molar-refractivity contribution is 6.07. The van der Waals surface area contributed by atoms with E-state index in [2.05, 4.69) is 22.1 Å². The third-order valence-electron chi connectivity index (χ3n) is 3.85. The largest absolute Gasteiger partial charge is 0.493 e. The Kier molecular flexibility index (Phi) is 7.04. The van der Waals surface area contributed by atoms with Gasteiger partial charge in [0, 0.05) is 30.3 Å². The number of amides is 1. The van der Waals surface area contributed by atoms with Gasteiger partial charge >= 0.3 is 0 Å². The Bertz CT molecular complexity index is 835. The Balaban J connectivity index is 1.97. The number of benzene rings is 1. The van der Waals surface area contributed by atoms with E-state index in [9.17, 15) is 4.79 Å². The van der Waals surface area contributed by atoms with Crippen LogP contribution >= 0.6 is 0 Å². The number of ether oxygens (including phenoxy) is 1. The lowest BCUT2D eigenvalue weighted by Crippen LogP contribution is -2.16. The van der Waals surface area contributed by atoms with Gasteiger partial charge in [0.25, 0.3) is 5.91 Å². The quantitative estimate of drug-likeness (QED) is 0.606. The normalized spacial score (nSPS) is 9.96. The summed E-state index contributed by atoms with van der Waals surface area (Å²) < 4.78 is 5.72. The summed E-state index contributed by atoms with van der Waals surface area (Å²) >= 11 is 0. The lowest BCUT2D eigenvalue weighted by Gasteiger charge is -2.11. The first-order chi connectivity index (χ1) is 12.5. The summed E-state index contributed by atoms with van der Waals surface area (Å²) in [6.45, 7) is 6.38. The number of anilines is 2. The van der Waals surface area contributed by atoms with Gasteiger partial charge in [-0.1, -0.05) is 13.0 Å². The Morgan fingerprint density at radius 1 is 1.27 bits per heavy atom. The van der Waals surface area contributed by atoms with Crippen molar-refractivity contribution < 1.29 is 9.53 Å². The number of pyridine rings is 1. The first-order valence-electron chi connectivity index (χ1n) is 8.75. The van der Waals surface area contributed by atoms with Gasteiger partial charge in [-0.25, -0.2) is 4.98 Å². The van der Waals surface area contributed by atoms with Crippen LogP contribution in [0.4, 0.5) is 11.5 Å². The van der Waals surface area contributed by atoms with Crippen LogP contribution in [0.25, 0.3) is 0 Å². The number of aryl methyl sites for hydroxylation is 2. The molecule has 2 rings (SSSR count).